The minimum Gasteiger partial charge on any atom is -0.418 e. The zero-order valence-electron chi connectivity index (χ0n) is 8.01. The smallest absolute Gasteiger partial charge is 0.341 e. The molecule has 0 aromatic rings. The summed E-state index contributed by atoms with van der Waals surface area (Å²) in [6.45, 7) is 0. The summed E-state index contributed by atoms with van der Waals surface area (Å²) in [4.78, 5) is 22.2. The summed E-state index contributed by atoms with van der Waals surface area (Å²) in [5.74, 6) is -0.948. The van der Waals surface area contributed by atoms with E-state index in [0.29, 0.717) is 5.57 Å². The number of hydrogen-bond acceptors (Lipinski definition) is 4. The molecular weight excluding hydrogens is 196 g/mol. The molecule has 0 amide bonds. The molecule has 2 rings (SSSR count). The molecule has 0 bridgehead atoms. The monoisotopic (exact) mass is 206 g/mol. The average Bonchev–Trinajstić information content (AvgIpc) is 2.65. The van der Waals surface area contributed by atoms with Gasteiger partial charge >= 0.3 is 11.9 Å². The molecule has 2 aliphatic rings. The number of ether oxygens (including phenoxy) is 2. The van der Waals surface area contributed by atoms with Crippen LogP contribution in [0.4, 0.5) is 0 Å². The SMILES string of the molecule is O=C1C=CC(OC(=O)C2=CCCC=C2)O1. The summed E-state index contributed by atoms with van der Waals surface area (Å²) < 4.78 is 9.61. The van der Waals surface area contributed by atoms with E-state index in [4.69, 9.17) is 4.74 Å². The average molecular weight is 206 g/mol. The van der Waals surface area contributed by atoms with Gasteiger partial charge in [0, 0.05) is 12.2 Å². The van der Waals surface area contributed by atoms with Crippen molar-refractivity contribution in [1.29, 1.82) is 0 Å². The molecule has 78 valence electrons. The first kappa shape index (κ1) is 9.71. The molecule has 0 N–H and O–H groups in total. The number of esters is 2. The Morgan fingerprint density at radius 3 is 2.87 bits per heavy atom. The second kappa shape index (κ2) is 4.13. The van der Waals surface area contributed by atoms with Crippen molar-refractivity contribution in [2.45, 2.75) is 19.1 Å². The normalized spacial score (nSPS) is 23.6. The lowest BCUT2D eigenvalue weighted by atomic mass is 10.1. The third kappa shape index (κ3) is 2.34. The highest BCUT2D eigenvalue weighted by molar-refractivity contribution is 5.92. The Hall–Kier alpha value is -1.84. The molecule has 0 saturated carbocycles. The molecule has 1 aliphatic heterocycles. The van der Waals surface area contributed by atoms with Crippen molar-refractivity contribution in [3.05, 3.63) is 36.0 Å². The predicted octanol–water partition coefficient (Wildman–Crippen LogP) is 1.25. The van der Waals surface area contributed by atoms with Gasteiger partial charge in [0.2, 0.25) is 0 Å². The van der Waals surface area contributed by atoms with Crippen LogP contribution in [0.1, 0.15) is 12.8 Å². The topological polar surface area (TPSA) is 52.6 Å². The fourth-order valence-electron chi connectivity index (χ4n) is 1.35. The summed E-state index contributed by atoms with van der Waals surface area (Å²) in [6, 6.07) is 0. The van der Waals surface area contributed by atoms with E-state index in [1.165, 1.54) is 12.2 Å². The second-order valence-corrected chi connectivity index (χ2v) is 3.21. The summed E-state index contributed by atoms with van der Waals surface area (Å²) >= 11 is 0. The molecule has 0 spiro atoms. The maximum Gasteiger partial charge on any atom is 0.341 e. The van der Waals surface area contributed by atoms with E-state index in [2.05, 4.69) is 4.74 Å². The lowest BCUT2D eigenvalue weighted by Gasteiger charge is -2.11. The lowest BCUT2D eigenvalue weighted by Crippen LogP contribution is -2.18. The fraction of sp³-hybridized carbons (Fsp3) is 0.273. The maximum atomic E-state index is 11.5. The summed E-state index contributed by atoms with van der Waals surface area (Å²) in [7, 11) is 0. The lowest BCUT2D eigenvalue weighted by molar-refractivity contribution is -0.169. The van der Waals surface area contributed by atoms with Crippen molar-refractivity contribution >= 4 is 11.9 Å². The van der Waals surface area contributed by atoms with Crippen molar-refractivity contribution in [3.8, 4) is 0 Å². The van der Waals surface area contributed by atoms with Crippen LogP contribution in [0, 0.1) is 0 Å². The summed E-state index contributed by atoms with van der Waals surface area (Å²) in [5.41, 5.74) is 0.512. The van der Waals surface area contributed by atoms with Crippen LogP contribution in [-0.2, 0) is 19.1 Å². The molecule has 1 aliphatic carbocycles. The van der Waals surface area contributed by atoms with Crippen molar-refractivity contribution in [3.63, 3.8) is 0 Å². The van der Waals surface area contributed by atoms with Crippen LogP contribution in [0.2, 0.25) is 0 Å². The quantitative estimate of drug-likeness (QED) is 0.638. The molecule has 0 aromatic heterocycles. The maximum absolute atomic E-state index is 11.5. The van der Waals surface area contributed by atoms with Crippen molar-refractivity contribution < 1.29 is 19.1 Å². The first-order valence-corrected chi connectivity index (χ1v) is 4.72. The van der Waals surface area contributed by atoms with E-state index in [0.717, 1.165) is 12.8 Å². The van der Waals surface area contributed by atoms with E-state index >= 15 is 0 Å². The highest BCUT2D eigenvalue weighted by Gasteiger charge is 2.21. The van der Waals surface area contributed by atoms with E-state index in [1.54, 1.807) is 6.08 Å². The van der Waals surface area contributed by atoms with Gasteiger partial charge in [-0.3, -0.25) is 0 Å². The highest BCUT2D eigenvalue weighted by Crippen LogP contribution is 2.14. The number of hydrogen-bond donors (Lipinski definition) is 0. The minimum atomic E-state index is -0.874. The highest BCUT2D eigenvalue weighted by atomic mass is 16.7. The van der Waals surface area contributed by atoms with Gasteiger partial charge in [-0.2, -0.15) is 0 Å². The molecule has 4 heteroatoms. The number of carbonyl (C=O) groups is 2. The number of rotatable bonds is 2. The van der Waals surface area contributed by atoms with Crippen LogP contribution in [-0.4, -0.2) is 18.2 Å². The van der Waals surface area contributed by atoms with Crippen LogP contribution < -0.4 is 0 Å². The standard InChI is InChI=1S/C11H10O4/c12-9-6-7-10(14-9)15-11(13)8-4-2-1-3-5-8/h2,4-7,10H,1,3H2. The molecular formula is C11H10O4. The molecule has 0 aromatic carbocycles. The summed E-state index contributed by atoms with van der Waals surface area (Å²) in [5, 5.41) is 0. The number of cyclic esters (lactones) is 1. The zero-order chi connectivity index (χ0) is 10.7. The summed E-state index contributed by atoms with van der Waals surface area (Å²) in [6.07, 6.45) is 8.98. The largest absolute Gasteiger partial charge is 0.418 e. The Morgan fingerprint density at radius 1 is 1.40 bits per heavy atom. The van der Waals surface area contributed by atoms with Gasteiger partial charge in [0.25, 0.3) is 6.29 Å². The predicted molar refractivity (Wildman–Crippen MR) is 51.6 cm³/mol. The third-order valence-electron chi connectivity index (χ3n) is 2.08. The van der Waals surface area contributed by atoms with E-state index in [-0.39, 0.29) is 0 Å². The van der Waals surface area contributed by atoms with Crippen LogP contribution in [0.15, 0.2) is 36.0 Å². The molecule has 15 heavy (non-hydrogen) atoms. The number of allylic oxidation sites excluding steroid dienone is 2. The molecule has 0 radical (unpaired) electrons. The first-order valence-electron chi connectivity index (χ1n) is 4.72. The van der Waals surface area contributed by atoms with Crippen LogP contribution in [0.3, 0.4) is 0 Å². The van der Waals surface area contributed by atoms with Gasteiger partial charge in [0.15, 0.2) is 0 Å². The number of carbonyl (C=O) groups excluding carboxylic acids is 2. The third-order valence-corrected chi connectivity index (χ3v) is 2.08. The molecule has 4 nitrogen and oxygen atoms in total. The Morgan fingerprint density at radius 2 is 2.27 bits per heavy atom. The van der Waals surface area contributed by atoms with Crippen molar-refractivity contribution in [2.24, 2.45) is 0 Å². The Labute approximate surface area is 86.9 Å². The van der Waals surface area contributed by atoms with E-state index in [9.17, 15) is 9.59 Å². The second-order valence-electron chi connectivity index (χ2n) is 3.21. The Balaban J connectivity index is 1.92. The Kier molecular flexibility index (Phi) is 2.67. The van der Waals surface area contributed by atoms with Crippen LogP contribution in [0.25, 0.3) is 0 Å². The van der Waals surface area contributed by atoms with E-state index < -0.39 is 18.2 Å². The van der Waals surface area contributed by atoms with E-state index in [1.807, 2.05) is 12.2 Å². The molecule has 1 unspecified atom stereocenters. The molecule has 0 fully saturated rings. The van der Waals surface area contributed by atoms with Crippen molar-refractivity contribution in [2.75, 3.05) is 0 Å². The van der Waals surface area contributed by atoms with Gasteiger partial charge in [0.05, 0.1) is 5.57 Å². The Bertz CT molecular complexity index is 376. The molecule has 1 atom stereocenters. The van der Waals surface area contributed by atoms with Gasteiger partial charge in [-0.25, -0.2) is 9.59 Å². The molecule has 0 saturated heterocycles. The van der Waals surface area contributed by atoms with Crippen LogP contribution in [0.5, 0.6) is 0 Å². The van der Waals surface area contributed by atoms with Crippen molar-refractivity contribution in [1.82, 2.24) is 0 Å². The van der Waals surface area contributed by atoms with Gasteiger partial charge < -0.3 is 9.47 Å². The first-order chi connectivity index (χ1) is 7.25. The minimum absolute atomic E-state index is 0.463. The van der Waals surface area contributed by atoms with Gasteiger partial charge in [-0.05, 0) is 12.8 Å². The van der Waals surface area contributed by atoms with Crippen LogP contribution >= 0.6 is 0 Å². The van der Waals surface area contributed by atoms with Gasteiger partial charge in [-0.15, -0.1) is 0 Å². The van der Waals surface area contributed by atoms with Gasteiger partial charge in [0.1, 0.15) is 0 Å². The van der Waals surface area contributed by atoms with Gasteiger partial charge in [-0.1, -0.05) is 18.2 Å². The molecule has 1 heterocycles. The fourth-order valence-corrected chi connectivity index (χ4v) is 1.35. The zero-order valence-corrected chi connectivity index (χ0v) is 8.01.